The molecule has 3 rings (SSSR count). The molecule has 0 unspecified atom stereocenters. The number of benzene rings is 1. The third-order valence-corrected chi connectivity index (χ3v) is 4.00. The van der Waals surface area contributed by atoms with Crippen LogP contribution in [0.2, 0.25) is 0 Å². The summed E-state index contributed by atoms with van der Waals surface area (Å²) in [5.41, 5.74) is 1.80. The number of aliphatic carboxylic acids is 1. The first-order valence-electron chi connectivity index (χ1n) is 7.60. The third kappa shape index (κ3) is 3.39. The molecule has 0 saturated carbocycles. The molecule has 1 aromatic carbocycles. The zero-order chi connectivity index (χ0) is 17.1. The molecule has 1 fully saturated rings. The van der Waals surface area contributed by atoms with Crippen molar-refractivity contribution in [1.29, 1.82) is 0 Å². The fourth-order valence-corrected chi connectivity index (χ4v) is 2.62. The summed E-state index contributed by atoms with van der Waals surface area (Å²) >= 11 is 0. The summed E-state index contributed by atoms with van der Waals surface area (Å²) in [5.74, 6) is 0.650. The lowest BCUT2D eigenvalue weighted by atomic mass is 10.1. The summed E-state index contributed by atoms with van der Waals surface area (Å²) < 4.78 is 15.8. The minimum absolute atomic E-state index is 0.158. The van der Waals surface area contributed by atoms with E-state index in [1.807, 2.05) is 25.1 Å². The van der Waals surface area contributed by atoms with Gasteiger partial charge in [0.15, 0.2) is 0 Å². The maximum atomic E-state index is 11.3. The minimum atomic E-state index is -0.919. The Morgan fingerprint density at radius 3 is 3.08 bits per heavy atom. The molecule has 128 valence electrons. The van der Waals surface area contributed by atoms with Gasteiger partial charge in [-0.05, 0) is 18.6 Å². The van der Waals surface area contributed by atoms with E-state index >= 15 is 0 Å². The molecular formula is C16H19N3O5. The van der Waals surface area contributed by atoms with Gasteiger partial charge in [0, 0.05) is 12.1 Å². The topological polar surface area (TPSA) is 97.9 Å². The van der Waals surface area contributed by atoms with E-state index in [2.05, 4.69) is 10.1 Å². The van der Waals surface area contributed by atoms with Crippen LogP contribution in [0, 0.1) is 6.92 Å². The number of ether oxygens (including phenoxy) is 2. The number of methoxy groups -OCH3 is 1. The van der Waals surface area contributed by atoms with E-state index in [4.69, 9.17) is 14.0 Å². The van der Waals surface area contributed by atoms with Crippen molar-refractivity contribution in [3.8, 4) is 17.1 Å². The van der Waals surface area contributed by atoms with Crippen molar-refractivity contribution < 1.29 is 23.9 Å². The molecule has 1 aliphatic rings. The Labute approximate surface area is 139 Å². The fourth-order valence-electron chi connectivity index (χ4n) is 2.62. The number of aromatic nitrogens is 2. The SMILES string of the molecule is COc1cc(-c2noc(CN3CCOC[C@H]3C(=O)O)n2)ccc1C. The Bertz CT molecular complexity index is 730. The maximum absolute atomic E-state index is 11.3. The first kappa shape index (κ1) is 16.4. The second-order valence-corrected chi connectivity index (χ2v) is 5.60. The number of hydrogen-bond acceptors (Lipinski definition) is 7. The number of carbonyl (C=O) groups is 1. The van der Waals surface area contributed by atoms with Gasteiger partial charge < -0.3 is 19.1 Å². The van der Waals surface area contributed by atoms with Crippen LogP contribution >= 0.6 is 0 Å². The monoisotopic (exact) mass is 333 g/mol. The van der Waals surface area contributed by atoms with Gasteiger partial charge in [0.2, 0.25) is 11.7 Å². The smallest absolute Gasteiger partial charge is 0.323 e. The summed E-state index contributed by atoms with van der Waals surface area (Å²) in [6.45, 7) is 3.38. The lowest BCUT2D eigenvalue weighted by Gasteiger charge is -2.31. The number of morpholine rings is 1. The largest absolute Gasteiger partial charge is 0.496 e. The molecule has 0 aliphatic carbocycles. The van der Waals surface area contributed by atoms with Crippen molar-refractivity contribution >= 4 is 5.97 Å². The van der Waals surface area contributed by atoms with Crippen LogP contribution < -0.4 is 4.74 Å². The van der Waals surface area contributed by atoms with E-state index in [1.54, 1.807) is 12.0 Å². The lowest BCUT2D eigenvalue weighted by molar-refractivity contribution is -0.150. The summed E-state index contributed by atoms with van der Waals surface area (Å²) in [5, 5.41) is 13.2. The van der Waals surface area contributed by atoms with Gasteiger partial charge in [0.1, 0.15) is 11.8 Å². The Hall–Kier alpha value is -2.45. The summed E-state index contributed by atoms with van der Waals surface area (Å²) in [6.07, 6.45) is 0. The molecule has 1 aliphatic heterocycles. The van der Waals surface area contributed by atoms with Crippen LogP contribution in [-0.4, -0.2) is 59.0 Å². The quantitative estimate of drug-likeness (QED) is 0.875. The first-order chi connectivity index (χ1) is 11.6. The zero-order valence-electron chi connectivity index (χ0n) is 13.6. The van der Waals surface area contributed by atoms with Gasteiger partial charge >= 0.3 is 5.97 Å². The second-order valence-electron chi connectivity index (χ2n) is 5.60. The molecule has 1 atom stereocenters. The molecule has 1 saturated heterocycles. The van der Waals surface area contributed by atoms with E-state index in [9.17, 15) is 9.90 Å². The van der Waals surface area contributed by atoms with E-state index in [1.165, 1.54) is 0 Å². The van der Waals surface area contributed by atoms with E-state index < -0.39 is 12.0 Å². The van der Waals surface area contributed by atoms with Crippen LogP contribution in [0.4, 0.5) is 0 Å². The van der Waals surface area contributed by atoms with Crippen molar-refractivity contribution in [3.63, 3.8) is 0 Å². The van der Waals surface area contributed by atoms with Crippen molar-refractivity contribution in [2.24, 2.45) is 0 Å². The zero-order valence-corrected chi connectivity index (χ0v) is 13.6. The number of hydrogen-bond donors (Lipinski definition) is 1. The van der Waals surface area contributed by atoms with Crippen LogP contribution in [0.5, 0.6) is 5.75 Å². The van der Waals surface area contributed by atoms with Crippen LogP contribution in [0.3, 0.4) is 0 Å². The molecule has 0 amide bonds. The Morgan fingerprint density at radius 2 is 2.33 bits per heavy atom. The first-order valence-corrected chi connectivity index (χ1v) is 7.60. The molecular weight excluding hydrogens is 314 g/mol. The number of rotatable bonds is 5. The van der Waals surface area contributed by atoms with Crippen molar-refractivity contribution in [2.75, 3.05) is 26.9 Å². The predicted molar refractivity (Wildman–Crippen MR) is 83.7 cm³/mol. The number of carboxylic acid groups (broad SMARTS) is 1. The molecule has 8 nitrogen and oxygen atoms in total. The van der Waals surface area contributed by atoms with Gasteiger partial charge in [-0.2, -0.15) is 4.98 Å². The summed E-state index contributed by atoms with van der Waals surface area (Å²) in [6, 6.07) is 4.96. The van der Waals surface area contributed by atoms with Gasteiger partial charge in [-0.15, -0.1) is 0 Å². The second kappa shape index (κ2) is 6.98. The van der Waals surface area contributed by atoms with Gasteiger partial charge in [-0.25, -0.2) is 0 Å². The van der Waals surface area contributed by atoms with Crippen molar-refractivity contribution in [2.45, 2.75) is 19.5 Å². The fraction of sp³-hybridized carbons (Fsp3) is 0.438. The lowest BCUT2D eigenvalue weighted by Crippen LogP contribution is -2.49. The van der Waals surface area contributed by atoms with E-state index in [-0.39, 0.29) is 13.2 Å². The predicted octanol–water partition coefficient (Wildman–Crippen LogP) is 1.34. The van der Waals surface area contributed by atoms with Crippen LogP contribution in [0.15, 0.2) is 22.7 Å². The highest BCUT2D eigenvalue weighted by Crippen LogP contribution is 2.25. The molecule has 2 heterocycles. The normalized spacial score (nSPS) is 18.5. The molecule has 0 bridgehead atoms. The maximum Gasteiger partial charge on any atom is 0.323 e. The number of carboxylic acids is 1. The van der Waals surface area contributed by atoms with E-state index in [0.717, 1.165) is 16.9 Å². The standard InChI is InChI=1S/C16H19N3O5/c1-10-3-4-11(7-13(10)22-2)15-17-14(24-18-15)8-19-5-6-23-9-12(19)16(20)21/h3-4,7,12H,5-6,8-9H2,1-2H3,(H,20,21)/t12-/m0/s1. The van der Waals surface area contributed by atoms with Crippen LogP contribution in [0.1, 0.15) is 11.5 Å². The van der Waals surface area contributed by atoms with Gasteiger partial charge in [-0.1, -0.05) is 17.3 Å². The van der Waals surface area contributed by atoms with Crippen molar-refractivity contribution in [3.05, 3.63) is 29.7 Å². The molecule has 8 heteroatoms. The summed E-state index contributed by atoms with van der Waals surface area (Å²) in [7, 11) is 1.61. The van der Waals surface area contributed by atoms with E-state index in [0.29, 0.717) is 24.9 Å². The Morgan fingerprint density at radius 1 is 1.50 bits per heavy atom. The molecule has 1 N–H and O–H groups in total. The van der Waals surface area contributed by atoms with Crippen LogP contribution in [0.25, 0.3) is 11.4 Å². The average Bonchev–Trinajstić information content (AvgIpc) is 3.04. The van der Waals surface area contributed by atoms with Crippen LogP contribution in [-0.2, 0) is 16.1 Å². The number of nitrogens with zero attached hydrogens (tertiary/aromatic N) is 3. The molecule has 0 spiro atoms. The highest BCUT2D eigenvalue weighted by atomic mass is 16.5. The molecule has 2 aromatic rings. The Kier molecular flexibility index (Phi) is 4.77. The highest BCUT2D eigenvalue weighted by Gasteiger charge is 2.30. The number of aryl methyl sites for hydroxylation is 1. The van der Waals surface area contributed by atoms with Crippen molar-refractivity contribution in [1.82, 2.24) is 15.0 Å². The highest BCUT2D eigenvalue weighted by molar-refractivity contribution is 5.73. The summed E-state index contributed by atoms with van der Waals surface area (Å²) in [4.78, 5) is 17.4. The molecule has 1 aromatic heterocycles. The van der Waals surface area contributed by atoms with Gasteiger partial charge in [-0.3, -0.25) is 9.69 Å². The average molecular weight is 333 g/mol. The van der Waals surface area contributed by atoms with Gasteiger partial charge in [0.25, 0.3) is 0 Å². The third-order valence-electron chi connectivity index (χ3n) is 4.00. The minimum Gasteiger partial charge on any atom is -0.496 e. The molecule has 24 heavy (non-hydrogen) atoms. The Balaban J connectivity index is 1.77. The molecule has 0 radical (unpaired) electrons. The van der Waals surface area contributed by atoms with Gasteiger partial charge in [0.05, 0.1) is 26.9 Å².